The van der Waals surface area contributed by atoms with Gasteiger partial charge in [-0.1, -0.05) is 23.7 Å². The Morgan fingerprint density at radius 3 is 2.17 bits per heavy atom. The fraction of sp³-hybridized carbons (Fsp3) is 0.174. The Bertz CT molecular complexity index is 1320. The summed E-state index contributed by atoms with van der Waals surface area (Å²) in [6, 6.07) is 14.6. The van der Waals surface area contributed by atoms with Crippen LogP contribution in [0.1, 0.15) is 12.5 Å². The number of methoxy groups -OCH3 is 1. The molecule has 0 radical (unpaired) electrons. The molecular formula is C23H20ClF3N2O5S. The molecule has 0 aromatic heterocycles. The summed E-state index contributed by atoms with van der Waals surface area (Å²) in [5.41, 5.74) is -1.18. The molecule has 186 valence electrons. The fourth-order valence-electron chi connectivity index (χ4n) is 2.94. The van der Waals surface area contributed by atoms with Crippen LogP contribution in [0.2, 0.25) is 5.02 Å². The molecule has 0 unspecified atom stereocenters. The van der Waals surface area contributed by atoms with E-state index >= 15 is 0 Å². The van der Waals surface area contributed by atoms with Crippen molar-refractivity contribution in [2.45, 2.75) is 24.1 Å². The van der Waals surface area contributed by atoms with Crippen molar-refractivity contribution >= 4 is 38.9 Å². The van der Waals surface area contributed by atoms with Crippen LogP contribution in [-0.4, -0.2) is 27.5 Å². The number of rotatable bonds is 8. The Balaban J connectivity index is 1.68. The van der Waals surface area contributed by atoms with Gasteiger partial charge in [0, 0.05) is 11.4 Å². The number of para-hydroxylation sites is 2. The molecule has 0 fully saturated rings. The molecule has 12 heteroatoms. The Labute approximate surface area is 204 Å². The zero-order chi connectivity index (χ0) is 25.8. The number of alkyl halides is 3. The van der Waals surface area contributed by atoms with Crippen LogP contribution in [0.5, 0.6) is 11.5 Å². The van der Waals surface area contributed by atoms with E-state index in [4.69, 9.17) is 21.1 Å². The van der Waals surface area contributed by atoms with Gasteiger partial charge in [0.05, 0.1) is 22.6 Å². The molecule has 1 atom stereocenters. The number of carbonyl (C=O) groups excluding carboxylic acids is 1. The van der Waals surface area contributed by atoms with Gasteiger partial charge in [-0.15, -0.1) is 0 Å². The minimum Gasteiger partial charge on any atom is -0.493 e. The van der Waals surface area contributed by atoms with Crippen molar-refractivity contribution in [2.24, 2.45) is 0 Å². The maximum Gasteiger partial charge on any atom is 0.417 e. The first-order chi connectivity index (χ1) is 16.4. The van der Waals surface area contributed by atoms with E-state index < -0.39 is 38.8 Å². The predicted molar refractivity (Wildman–Crippen MR) is 125 cm³/mol. The first-order valence-electron chi connectivity index (χ1n) is 10.0. The molecule has 3 aromatic rings. The summed E-state index contributed by atoms with van der Waals surface area (Å²) >= 11 is 5.56. The van der Waals surface area contributed by atoms with E-state index in [2.05, 4.69) is 10.0 Å². The third-order valence-electron chi connectivity index (χ3n) is 4.70. The van der Waals surface area contributed by atoms with Crippen LogP contribution in [0.25, 0.3) is 0 Å². The van der Waals surface area contributed by atoms with Crippen LogP contribution in [0.15, 0.2) is 71.6 Å². The first-order valence-corrected chi connectivity index (χ1v) is 11.9. The highest BCUT2D eigenvalue weighted by molar-refractivity contribution is 7.92. The second-order valence-electron chi connectivity index (χ2n) is 7.22. The number of hydrogen-bond donors (Lipinski definition) is 2. The minimum atomic E-state index is -4.75. The van der Waals surface area contributed by atoms with Crippen molar-refractivity contribution in [3.05, 3.63) is 77.3 Å². The summed E-state index contributed by atoms with van der Waals surface area (Å²) in [5.74, 6) is 0.337. The maximum atomic E-state index is 13.0. The van der Waals surface area contributed by atoms with Crippen LogP contribution in [-0.2, 0) is 21.0 Å². The second kappa shape index (κ2) is 10.4. The van der Waals surface area contributed by atoms with Gasteiger partial charge in [-0.05, 0) is 61.5 Å². The lowest BCUT2D eigenvalue weighted by atomic mass is 10.2. The number of ether oxygens (including phenoxy) is 2. The molecule has 35 heavy (non-hydrogen) atoms. The van der Waals surface area contributed by atoms with E-state index in [0.717, 1.165) is 12.1 Å². The van der Waals surface area contributed by atoms with Crippen LogP contribution in [0, 0.1) is 0 Å². The van der Waals surface area contributed by atoms with E-state index in [9.17, 15) is 26.4 Å². The van der Waals surface area contributed by atoms with Crippen LogP contribution >= 0.6 is 11.6 Å². The summed E-state index contributed by atoms with van der Waals surface area (Å²) < 4.78 is 77.2. The van der Waals surface area contributed by atoms with E-state index in [0.29, 0.717) is 17.6 Å². The van der Waals surface area contributed by atoms with Gasteiger partial charge in [-0.25, -0.2) is 8.42 Å². The average Bonchev–Trinajstić information content (AvgIpc) is 2.80. The Morgan fingerprint density at radius 1 is 0.971 bits per heavy atom. The highest BCUT2D eigenvalue weighted by Gasteiger charge is 2.33. The molecule has 3 aromatic carbocycles. The van der Waals surface area contributed by atoms with E-state index in [1.54, 1.807) is 24.3 Å². The van der Waals surface area contributed by atoms with E-state index in [1.807, 2.05) is 0 Å². The van der Waals surface area contributed by atoms with Crippen molar-refractivity contribution in [1.29, 1.82) is 0 Å². The number of amides is 1. The van der Waals surface area contributed by atoms with Gasteiger partial charge in [-0.2, -0.15) is 13.2 Å². The largest absolute Gasteiger partial charge is 0.493 e. The van der Waals surface area contributed by atoms with Gasteiger partial charge in [0.1, 0.15) is 0 Å². The molecule has 3 rings (SSSR count). The standard InChI is InChI=1S/C23H20ClF3N2O5S/c1-14(34-21-6-4-3-5-20(21)33-2)22(30)28-15-7-10-17(11-8-15)35(31,32)29-16-9-12-19(24)18(13-16)23(25,26)27/h3-14,29H,1-2H3,(H,28,30)/t14-/m1/s1. The summed E-state index contributed by atoms with van der Waals surface area (Å²) in [5, 5.41) is 2.05. The van der Waals surface area contributed by atoms with Gasteiger partial charge in [-0.3, -0.25) is 9.52 Å². The molecule has 0 heterocycles. The third-order valence-corrected chi connectivity index (χ3v) is 6.42. The average molecular weight is 529 g/mol. The highest BCUT2D eigenvalue weighted by Crippen LogP contribution is 2.36. The quantitative estimate of drug-likeness (QED) is 0.398. The molecule has 0 saturated carbocycles. The van der Waals surface area contributed by atoms with Crippen molar-refractivity contribution in [3.8, 4) is 11.5 Å². The number of sulfonamides is 1. The highest BCUT2D eigenvalue weighted by atomic mass is 35.5. The zero-order valence-electron chi connectivity index (χ0n) is 18.4. The molecule has 0 bridgehead atoms. The summed E-state index contributed by atoms with van der Waals surface area (Å²) in [7, 11) is -2.74. The molecule has 0 saturated heterocycles. The lowest BCUT2D eigenvalue weighted by molar-refractivity contribution is -0.137. The van der Waals surface area contributed by atoms with Crippen molar-refractivity contribution in [1.82, 2.24) is 0 Å². The Kier molecular flexibility index (Phi) is 7.81. The molecule has 2 N–H and O–H groups in total. The van der Waals surface area contributed by atoms with Gasteiger partial charge in [0.2, 0.25) is 0 Å². The summed E-state index contributed by atoms with van der Waals surface area (Å²) in [4.78, 5) is 12.2. The van der Waals surface area contributed by atoms with Crippen molar-refractivity contribution in [3.63, 3.8) is 0 Å². The topological polar surface area (TPSA) is 93.7 Å². The van der Waals surface area contributed by atoms with Gasteiger partial charge >= 0.3 is 6.18 Å². The molecule has 7 nitrogen and oxygen atoms in total. The SMILES string of the molecule is COc1ccccc1O[C@H](C)C(=O)Nc1ccc(S(=O)(=O)Nc2ccc(Cl)c(C(F)(F)F)c2)cc1. The van der Waals surface area contributed by atoms with Crippen LogP contribution in [0.3, 0.4) is 0 Å². The zero-order valence-corrected chi connectivity index (χ0v) is 20.0. The number of benzene rings is 3. The number of anilines is 2. The Morgan fingerprint density at radius 2 is 1.57 bits per heavy atom. The summed E-state index contributed by atoms with van der Waals surface area (Å²) in [6.07, 6.45) is -5.64. The normalized spacial score (nSPS) is 12.5. The number of nitrogens with one attached hydrogen (secondary N) is 2. The second-order valence-corrected chi connectivity index (χ2v) is 9.31. The molecule has 0 aliphatic carbocycles. The third kappa shape index (κ3) is 6.58. The number of hydrogen-bond acceptors (Lipinski definition) is 5. The minimum absolute atomic E-state index is 0.225. The van der Waals surface area contributed by atoms with E-state index in [1.165, 1.54) is 38.3 Å². The van der Waals surface area contributed by atoms with Crippen molar-refractivity contribution < 1.29 is 35.9 Å². The Hall–Kier alpha value is -3.44. The maximum absolute atomic E-state index is 13.0. The monoisotopic (exact) mass is 528 g/mol. The van der Waals surface area contributed by atoms with Crippen molar-refractivity contribution in [2.75, 3.05) is 17.1 Å². The first kappa shape index (κ1) is 26.2. The van der Waals surface area contributed by atoms with Gasteiger partial charge in [0.15, 0.2) is 17.6 Å². The lowest BCUT2D eigenvalue weighted by Crippen LogP contribution is -2.30. The van der Waals surface area contributed by atoms with Gasteiger partial charge in [0.25, 0.3) is 15.9 Å². The lowest BCUT2D eigenvalue weighted by Gasteiger charge is -2.17. The molecule has 0 aliphatic rings. The summed E-state index contributed by atoms with van der Waals surface area (Å²) in [6.45, 7) is 1.53. The number of halogens is 4. The number of carbonyl (C=O) groups is 1. The van der Waals surface area contributed by atoms with Crippen LogP contribution < -0.4 is 19.5 Å². The fourth-order valence-corrected chi connectivity index (χ4v) is 4.22. The molecule has 1 amide bonds. The van der Waals surface area contributed by atoms with Crippen LogP contribution in [0.4, 0.5) is 24.5 Å². The molecular weight excluding hydrogens is 509 g/mol. The molecule has 0 aliphatic heterocycles. The van der Waals surface area contributed by atoms with Gasteiger partial charge < -0.3 is 14.8 Å². The smallest absolute Gasteiger partial charge is 0.417 e. The van der Waals surface area contributed by atoms with E-state index in [-0.39, 0.29) is 16.3 Å². The molecule has 0 spiro atoms. The predicted octanol–water partition coefficient (Wildman–Crippen LogP) is 5.57.